The molecule has 5 nitrogen and oxygen atoms in total. The molecule has 0 aliphatic heterocycles. The van der Waals surface area contributed by atoms with Crippen LogP contribution in [0.2, 0.25) is 0 Å². The van der Waals surface area contributed by atoms with Crippen LogP contribution >= 0.6 is 34.4 Å². The number of hydrogen-bond donors (Lipinski definition) is 1. The summed E-state index contributed by atoms with van der Waals surface area (Å²) >= 11 is 3.83. The lowest BCUT2D eigenvalue weighted by Crippen LogP contribution is -2.12. The van der Waals surface area contributed by atoms with Gasteiger partial charge in [0.15, 0.2) is 5.82 Å². The second kappa shape index (κ2) is 6.57. The topological polar surface area (TPSA) is 55.6 Å². The van der Waals surface area contributed by atoms with Gasteiger partial charge in [0.1, 0.15) is 9.35 Å². The summed E-state index contributed by atoms with van der Waals surface area (Å²) in [4.78, 5) is 18.0. The van der Waals surface area contributed by atoms with Crippen molar-refractivity contribution >= 4 is 51.9 Å². The Labute approximate surface area is 145 Å². The Morgan fingerprint density at radius 3 is 2.73 bits per heavy atom. The summed E-state index contributed by atoms with van der Waals surface area (Å²) in [5.41, 5.74) is 0.771. The fourth-order valence-corrected chi connectivity index (χ4v) is 3.41. The van der Waals surface area contributed by atoms with Crippen LogP contribution < -0.4 is 5.32 Å². The normalized spacial score (nSPS) is 10.6. The molecule has 3 aromatic rings. The van der Waals surface area contributed by atoms with Gasteiger partial charge in [0.2, 0.25) is 0 Å². The van der Waals surface area contributed by atoms with Crippen LogP contribution in [0.1, 0.15) is 0 Å². The summed E-state index contributed by atoms with van der Waals surface area (Å²) in [6, 6.07) is 14.1. The molecule has 112 valence electrons. The second-order valence-electron chi connectivity index (χ2n) is 4.38. The van der Waals surface area contributed by atoms with Gasteiger partial charge in [0, 0.05) is 16.0 Å². The van der Waals surface area contributed by atoms with Gasteiger partial charge in [0.05, 0.1) is 7.11 Å². The molecule has 1 aromatic carbocycles. The average molecular weight is 425 g/mol. The number of fused-ring (bicyclic) bond motifs is 1. The monoisotopic (exact) mass is 425 g/mol. The van der Waals surface area contributed by atoms with E-state index in [0.29, 0.717) is 5.82 Å². The Morgan fingerprint density at radius 1 is 1.23 bits per heavy atom. The Kier molecular flexibility index (Phi) is 4.53. The molecule has 1 amide bonds. The predicted octanol–water partition coefficient (Wildman–Crippen LogP) is 4.27. The summed E-state index contributed by atoms with van der Waals surface area (Å²) < 4.78 is 7.37. The number of nitrogens with one attached hydrogen (secondary N) is 1. The first-order chi connectivity index (χ1) is 10.7. The fraction of sp³-hybridized carbons (Fsp3) is 0.0667. The molecular formula is C15H12IN3O2S. The first-order valence-electron chi connectivity index (χ1n) is 6.43. The van der Waals surface area contributed by atoms with Gasteiger partial charge < -0.3 is 4.74 Å². The van der Waals surface area contributed by atoms with E-state index in [1.807, 2.05) is 40.9 Å². The number of imidazole rings is 1. The molecule has 0 saturated carbocycles. The molecule has 7 heteroatoms. The van der Waals surface area contributed by atoms with E-state index in [1.54, 1.807) is 11.8 Å². The molecule has 0 aliphatic rings. The number of pyridine rings is 1. The number of methoxy groups -OCH3 is 1. The van der Waals surface area contributed by atoms with Gasteiger partial charge in [0.25, 0.3) is 0 Å². The number of halogens is 1. The number of hydrogen-bond acceptors (Lipinski definition) is 4. The molecule has 3 rings (SSSR count). The minimum absolute atomic E-state index is 0.495. The van der Waals surface area contributed by atoms with E-state index in [2.05, 4.69) is 49.8 Å². The summed E-state index contributed by atoms with van der Waals surface area (Å²) in [7, 11) is 1.33. The molecule has 0 aliphatic carbocycles. The van der Waals surface area contributed by atoms with Crippen molar-refractivity contribution < 1.29 is 9.53 Å². The zero-order valence-corrected chi connectivity index (χ0v) is 14.6. The van der Waals surface area contributed by atoms with Crippen LogP contribution in [0, 0.1) is 3.70 Å². The number of anilines is 1. The van der Waals surface area contributed by atoms with Crippen LogP contribution in [0.4, 0.5) is 10.6 Å². The van der Waals surface area contributed by atoms with E-state index >= 15 is 0 Å². The predicted molar refractivity (Wildman–Crippen MR) is 94.5 cm³/mol. The molecule has 0 spiro atoms. The number of carbonyl (C=O) groups excluding carboxylic acids is 1. The summed E-state index contributed by atoms with van der Waals surface area (Å²) in [6.07, 6.45) is 1.48. The minimum Gasteiger partial charge on any atom is -0.453 e. The van der Waals surface area contributed by atoms with Gasteiger partial charge in [-0.3, -0.25) is 9.72 Å². The van der Waals surface area contributed by atoms with E-state index in [4.69, 9.17) is 0 Å². The van der Waals surface area contributed by atoms with Crippen molar-refractivity contribution in [2.75, 3.05) is 12.4 Å². The lowest BCUT2D eigenvalue weighted by molar-refractivity contribution is 0.187. The third-order valence-corrected chi connectivity index (χ3v) is 4.93. The van der Waals surface area contributed by atoms with Crippen LogP contribution in [0.3, 0.4) is 0 Å². The lowest BCUT2D eigenvalue weighted by atomic mass is 10.4. The molecule has 1 N–H and O–H groups in total. The molecule has 0 unspecified atom stereocenters. The highest BCUT2D eigenvalue weighted by molar-refractivity contribution is 14.1. The van der Waals surface area contributed by atoms with E-state index in [-0.39, 0.29) is 0 Å². The minimum atomic E-state index is -0.528. The van der Waals surface area contributed by atoms with Gasteiger partial charge >= 0.3 is 6.09 Å². The van der Waals surface area contributed by atoms with E-state index in [9.17, 15) is 4.79 Å². The molecule has 0 fully saturated rings. The Balaban J connectivity index is 1.92. The zero-order chi connectivity index (χ0) is 15.5. The molecule has 0 radical (unpaired) electrons. The van der Waals surface area contributed by atoms with Gasteiger partial charge in [-0.15, -0.1) is 0 Å². The number of carbonyl (C=O) groups is 1. The molecule has 22 heavy (non-hydrogen) atoms. The Bertz CT molecular complexity index is 820. The lowest BCUT2D eigenvalue weighted by Gasteiger charge is -2.03. The maximum Gasteiger partial charge on any atom is 0.412 e. The number of rotatable bonds is 3. The van der Waals surface area contributed by atoms with Gasteiger partial charge in [-0.2, -0.15) is 0 Å². The summed E-state index contributed by atoms with van der Waals surface area (Å²) in [5.74, 6) is 0.495. The quantitative estimate of drug-likeness (QED) is 0.637. The molecular weight excluding hydrogens is 413 g/mol. The van der Waals surface area contributed by atoms with Crippen molar-refractivity contribution in [2.45, 2.75) is 9.79 Å². The molecule has 2 heterocycles. The van der Waals surface area contributed by atoms with E-state index in [0.717, 1.165) is 14.2 Å². The second-order valence-corrected chi connectivity index (χ2v) is 6.54. The standard InChI is InChI=1S/C15H12IN3O2S/c1-21-15(20)18-14-13(16)19-9-11(7-8-12(19)17-14)22-10-5-3-2-4-6-10/h2-9H,1H3,(H,18,20). The third kappa shape index (κ3) is 3.20. The largest absolute Gasteiger partial charge is 0.453 e. The number of aromatic nitrogens is 2. The van der Waals surface area contributed by atoms with Gasteiger partial charge in [-0.25, -0.2) is 9.78 Å². The first-order valence-corrected chi connectivity index (χ1v) is 8.32. The van der Waals surface area contributed by atoms with Crippen LogP contribution in [-0.2, 0) is 4.74 Å². The maximum absolute atomic E-state index is 11.3. The summed E-state index contributed by atoms with van der Waals surface area (Å²) in [6.45, 7) is 0. The van der Waals surface area contributed by atoms with E-state index < -0.39 is 6.09 Å². The number of benzene rings is 1. The first kappa shape index (κ1) is 15.2. The highest BCUT2D eigenvalue weighted by Gasteiger charge is 2.13. The fourth-order valence-electron chi connectivity index (χ4n) is 1.91. The number of ether oxygens (including phenoxy) is 1. The SMILES string of the molecule is COC(=O)Nc1nc2ccc(Sc3ccccc3)cn2c1I. The van der Waals surface area contributed by atoms with Crippen molar-refractivity contribution in [2.24, 2.45) is 0 Å². The molecule has 2 aromatic heterocycles. The van der Waals surface area contributed by atoms with Crippen molar-refractivity contribution in [1.82, 2.24) is 9.38 Å². The van der Waals surface area contributed by atoms with Crippen LogP contribution in [0.5, 0.6) is 0 Å². The van der Waals surface area contributed by atoms with Crippen LogP contribution in [0.25, 0.3) is 5.65 Å². The number of amides is 1. The third-order valence-electron chi connectivity index (χ3n) is 2.92. The highest BCUT2D eigenvalue weighted by atomic mass is 127. The molecule has 0 saturated heterocycles. The van der Waals surface area contributed by atoms with E-state index in [1.165, 1.54) is 12.0 Å². The van der Waals surface area contributed by atoms with Crippen LogP contribution in [0.15, 0.2) is 58.5 Å². The van der Waals surface area contributed by atoms with Gasteiger partial charge in [-0.05, 0) is 46.9 Å². The zero-order valence-electron chi connectivity index (χ0n) is 11.6. The molecule has 0 bridgehead atoms. The van der Waals surface area contributed by atoms with Crippen molar-refractivity contribution in [3.63, 3.8) is 0 Å². The van der Waals surface area contributed by atoms with Crippen molar-refractivity contribution in [1.29, 1.82) is 0 Å². The number of nitrogens with zero attached hydrogens (tertiary/aromatic N) is 2. The van der Waals surface area contributed by atoms with Crippen LogP contribution in [-0.4, -0.2) is 22.6 Å². The molecule has 0 atom stereocenters. The summed E-state index contributed by atoms with van der Waals surface area (Å²) in [5, 5.41) is 2.61. The van der Waals surface area contributed by atoms with Crippen molar-refractivity contribution in [3.05, 3.63) is 52.4 Å². The average Bonchev–Trinajstić information content (AvgIpc) is 2.84. The Morgan fingerprint density at radius 2 is 2.00 bits per heavy atom. The highest BCUT2D eigenvalue weighted by Crippen LogP contribution is 2.29. The Hall–Kier alpha value is -1.74. The smallest absolute Gasteiger partial charge is 0.412 e. The van der Waals surface area contributed by atoms with Gasteiger partial charge in [-0.1, -0.05) is 30.0 Å². The maximum atomic E-state index is 11.3. The van der Waals surface area contributed by atoms with Crippen molar-refractivity contribution in [3.8, 4) is 0 Å².